The Hall–Kier alpha value is -3.08. The van der Waals surface area contributed by atoms with Crippen LogP contribution in [-0.4, -0.2) is 19.5 Å². The van der Waals surface area contributed by atoms with Gasteiger partial charge in [0, 0.05) is 24.2 Å². The van der Waals surface area contributed by atoms with Gasteiger partial charge in [0.25, 0.3) is 0 Å². The van der Waals surface area contributed by atoms with Gasteiger partial charge in [0.15, 0.2) is 5.65 Å². The summed E-state index contributed by atoms with van der Waals surface area (Å²) in [7, 11) is 0. The summed E-state index contributed by atoms with van der Waals surface area (Å²) in [5.41, 5.74) is 2.97. The molecule has 0 aliphatic carbocycles. The molecule has 3 aromatic heterocycles. The van der Waals surface area contributed by atoms with Crippen molar-refractivity contribution >= 4 is 11.2 Å². The largest absolute Gasteiger partial charge is 0.277 e. The van der Waals surface area contributed by atoms with E-state index >= 15 is 0 Å². The third-order valence-electron chi connectivity index (χ3n) is 3.40. The molecule has 0 N–H and O–H groups in total. The van der Waals surface area contributed by atoms with E-state index in [2.05, 4.69) is 15.0 Å². The van der Waals surface area contributed by atoms with Crippen molar-refractivity contribution in [2.75, 3.05) is 0 Å². The maximum atomic E-state index is 13.6. The molecule has 3 heterocycles. The van der Waals surface area contributed by atoms with E-state index in [-0.39, 0.29) is 5.82 Å². The van der Waals surface area contributed by atoms with Crippen LogP contribution in [0.15, 0.2) is 67.1 Å². The fourth-order valence-corrected chi connectivity index (χ4v) is 2.46. The topological polar surface area (TPSA) is 43.6 Å². The molecule has 22 heavy (non-hydrogen) atoms. The second-order valence-electron chi connectivity index (χ2n) is 4.84. The fourth-order valence-electron chi connectivity index (χ4n) is 2.46. The first kappa shape index (κ1) is 12.6. The molecule has 1 aromatic carbocycles. The van der Waals surface area contributed by atoms with Gasteiger partial charge in [-0.2, -0.15) is 0 Å². The van der Waals surface area contributed by atoms with Gasteiger partial charge in [-0.05, 0) is 42.5 Å². The maximum Gasteiger partial charge on any atom is 0.164 e. The fraction of sp³-hybridized carbons (Fsp3) is 0. The summed E-state index contributed by atoms with van der Waals surface area (Å²) in [6, 6.07) is 13.9. The molecule has 0 fully saturated rings. The van der Waals surface area contributed by atoms with Crippen molar-refractivity contribution < 1.29 is 4.39 Å². The molecule has 0 aliphatic heterocycles. The minimum absolute atomic E-state index is 0.299. The van der Waals surface area contributed by atoms with Gasteiger partial charge in [0.05, 0.1) is 5.69 Å². The molecular formula is C17H11FN4. The quantitative estimate of drug-likeness (QED) is 0.566. The molecule has 0 aliphatic rings. The second-order valence-corrected chi connectivity index (χ2v) is 4.84. The number of benzene rings is 1. The highest BCUT2D eigenvalue weighted by Crippen LogP contribution is 2.27. The Morgan fingerprint density at radius 1 is 0.955 bits per heavy atom. The van der Waals surface area contributed by atoms with Crippen molar-refractivity contribution in [3.05, 3.63) is 72.9 Å². The molecule has 0 radical (unpaired) electrons. The Bertz CT molecular complexity index is 947. The Kier molecular flexibility index (Phi) is 2.89. The average molecular weight is 290 g/mol. The van der Waals surface area contributed by atoms with Gasteiger partial charge in [-0.1, -0.05) is 6.07 Å². The highest BCUT2D eigenvalue weighted by Gasteiger charge is 2.15. The van der Waals surface area contributed by atoms with Gasteiger partial charge in [-0.3, -0.25) is 9.55 Å². The highest BCUT2D eigenvalue weighted by molar-refractivity contribution is 5.79. The van der Waals surface area contributed by atoms with Crippen LogP contribution in [0.2, 0.25) is 0 Å². The molecule has 5 heteroatoms. The Balaban J connectivity index is 2.07. The first-order chi connectivity index (χ1) is 10.8. The molecule has 4 aromatic rings. The SMILES string of the molecule is Fc1cccc(-n2c(-c3cccnc3)nc3cccnc32)c1. The van der Waals surface area contributed by atoms with Gasteiger partial charge >= 0.3 is 0 Å². The van der Waals surface area contributed by atoms with Crippen molar-refractivity contribution in [3.8, 4) is 17.1 Å². The molecule has 0 saturated heterocycles. The zero-order chi connectivity index (χ0) is 14.9. The van der Waals surface area contributed by atoms with E-state index in [9.17, 15) is 4.39 Å². The zero-order valence-electron chi connectivity index (χ0n) is 11.5. The van der Waals surface area contributed by atoms with Crippen LogP contribution in [0, 0.1) is 5.82 Å². The molecule has 0 atom stereocenters. The van der Waals surface area contributed by atoms with Crippen LogP contribution >= 0.6 is 0 Å². The predicted molar refractivity (Wildman–Crippen MR) is 82.1 cm³/mol. The van der Waals surface area contributed by atoms with Gasteiger partial charge in [-0.25, -0.2) is 14.4 Å². The van der Waals surface area contributed by atoms with Crippen molar-refractivity contribution in [1.82, 2.24) is 19.5 Å². The lowest BCUT2D eigenvalue weighted by atomic mass is 10.2. The third kappa shape index (κ3) is 2.03. The lowest BCUT2D eigenvalue weighted by Gasteiger charge is -2.08. The minimum atomic E-state index is -0.299. The lowest BCUT2D eigenvalue weighted by molar-refractivity contribution is 0.627. The van der Waals surface area contributed by atoms with Crippen LogP contribution in [0.1, 0.15) is 0 Å². The molecule has 0 saturated carbocycles. The summed E-state index contributed by atoms with van der Waals surface area (Å²) in [4.78, 5) is 13.2. The standard InChI is InChI=1S/C17H11FN4/c18-13-5-1-6-14(10-13)22-16(12-4-2-8-19-11-12)21-15-7-3-9-20-17(15)22/h1-11H. The first-order valence-electron chi connectivity index (χ1n) is 6.83. The number of pyridine rings is 2. The van der Waals surface area contributed by atoms with Crippen LogP contribution in [0.25, 0.3) is 28.2 Å². The van der Waals surface area contributed by atoms with E-state index in [1.165, 1.54) is 12.1 Å². The molecule has 0 bridgehead atoms. The Labute approximate surface area is 125 Å². The predicted octanol–water partition coefficient (Wildman–Crippen LogP) is 3.62. The molecule has 4 rings (SSSR count). The molecule has 0 spiro atoms. The summed E-state index contributed by atoms with van der Waals surface area (Å²) in [5.74, 6) is 0.389. The summed E-state index contributed by atoms with van der Waals surface area (Å²) in [6.45, 7) is 0. The van der Waals surface area contributed by atoms with E-state index in [0.29, 0.717) is 17.2 Å². The number of imidazole rings is 1. The van der Waals surface area contributed by atoms with Crippen LogP contribution in [0.5, 0.6) is 0 Å². The van der Waals surface area contributed by atoms with Crippen molar-refractivity contribution in [2.45, 2.75) is 0 Å². The van der Waals surface area contributed by atoms with Crippen LogP contribution in [-0.2, 0) is 0 Å². The smallest absolute Gasteiger partial charge is 0.164 e. The van der Waals surface area contributed by atoms with E-state index in [4.69, 9.17) is 0 Å². The third-order valence-corrected chi connectivity index (χ3v) is 3.40. The average Bonchev–Trinajstić information content (AvgIpc) is 2.95. The Morgan fingerprint density at radius 3 is 2.68 bits per heavy atom. The lowest BCUT2D eigenvalue weighted by Crippen LogP contribution is -1.99. The molecule has 4 nitrogen and oxygen atoms in total. The van der Waals surface area contributed by atoms with Crippen molar-refractivity contribution in [3.63, 3.8) is 0 Å². The number of nitrogens with zero attached hydrogens (tertiary/aromatic N) is 4. The molecule has 0 amide bonds. The van der Waals surface area contributed by atoms with Crippen LogP contribution in [0.4, 0.5) is 4.39 Å². The number of rotatable bonds is 2. The van der Waals surface area contributed by atoms with Crippen molar-refractivity contribution in [1.29, 1.82) is 0 Å². The van der Waals surface area contributed by atoms with Gasteiger partial charge in [0.2, 0.25) is 0 Å². The number of hydrogen-bond acceptors (Lipinski definition) is 3. The van der Waals surface area contributed by atoms with Crippen molar-refractivity contribution in [2.24, 2.45) is 0 Å². The first-order valence-corrected chi connectivity index (χ1v) is 6.83. The number of hydrogen-bond donors (Lipinski definition) is 0. The van der Waals surface area contributed by atoms with E-state index in [0.717, 1.165) is 11.1 Å². The van der Waals surface area contributed by atoms with E-state index < -0.39 is 0 Å². The summed E-state index contributed by atoms with van der Waals surface area (Å²) in [5, 5.41) is 0. The maximum absolute atomic E-state index is 13.6. The summed E-state index contributed by atoms with van der Waals surface area (Å²) < 4.78 is 15.5. The molecule has 106 valence electrons. The summed E-state index contributed by atoms with van der Waals surface area (Å²) >= 11 is 0. The minimum Gasteiger partial charge on any atom is -0.277 e. The zero-order valence-corrected chi connectivity index (χ0v) is 11.5. The van der Waals surface area contributed by atoms with Gasteiger partial charge in [0.1, 0.15) is 17.2 Å². The van der Waals surface area contributed by atoms with Gasteiger partial charge in [-0.15, -0.1) is 0 Å². The van der Waals surface area contributed by atoms with E-state index in [1.807, 2.05) is 34.9 Å². The van der Waals surface area contributed by atoms with Crippen LogP contribution in [0.3, 0.4) is 0 Å². The van der Waals surface area contributed by atoms with Gasteiger partial charge < -0.3 is 0 Å². The van der Waals surface area contributed by atoms with Crippen LogP contribution < -0.4 is 0 Å². The monoisotopic (exact) mass is 290 g/mol. The normalized spacial score (nSPS) is 11.0. The molecular weight excluding hydrogens is 279 g/mol. The highest BCUT2D eigenvalue weighted by atomic mass is 19.1. The number of fused-ring (bicyclic) bond motifs is 1. The van der Waals surface area contributed by atoms with E-state index in [1.54, 1.807) is 24.7 Å². The molecule has 0 unspecified atom stereocenters. The summed E-state index contributed by atoms with van der Waals surface area (Å²) in [6.07, 6.45) is 5.14. The second kappa shape index (κ2) is 5.04. The number of aromatic nitrogens is 4. The Morgan fingerprint density at radius 2 is 1.86 bits per heavy atom. The number of halogens is 1.